The molecule has 2 saturated heterocycles. The third-order valence-electron chi connectivity index (χ3n) is 6.97. The number of thioether (sulfide) groups is 1. The van der Waals surface area contributed by atoms with Crippen molar-refractivity contribution in [1.82, 2.24) is 4.90 Å². The van der Waals surface area contributed by atoms with Crippen molar-refractivity contribution in [2.45, 2.75) is 18.1 Å². The maximum Gasteiger partial charge on any atom is 0.119 e. The first kappa shape index (κ1) is 21.7. The zero-order valence-electron chi connectivity index (χ0n) is 17.9. The summed E-state index contributed by atoms with van der Waals surface area (Å²) in [5.41, 5.74) is 2.68. The molecule has 0 radical (unpaired) electrons. The summed E-state index contributed by atoms with van der Waals surface area (Å²) in [4.78, 5) is 3.93. The van der Waals surface area contributed by atoms with Crippen molar-refractivity contribution in [3.05, 3.63) is 88.5 Å². The van der Waals surface area contributed by atoms with Crippen LogP contribution in [-0.2, 0) is 0 Å². The van der Waals surface area contributed by atoms with Gasteiger partial charge in [-0.15, -0.1) is 24.2 Å². The number of benzene rings is 2. The van der Waals surface area contributed by atoms with Gasteiger partial charge in [0.1, 0.15) is 18.1 Å². The van der Waals surface area contributed by atoms with E-state index in [1.54, 1.807) is 0 Å². The predicted octanol–water partition coefficient (Wildman–Crippen LogP) is 4.26. The summed E-state index contributed by atoms with van der Waals surface area (Å²) >= 11 is 1.92. The molecule has 3 nitrogen and oxygen atoms in total. The summed E-state index contributed by atoms with van der Waals surface area (Å²) in [6.45, 7) is 4.18. The molecule has 166 valence electrons. The van der Waals surface area contributed by atoms with Gasteiger partial charge >= 0.3 is 0 Å². The van der Waals surface area contributed by atoms with Crippen LogP contribution in [0.4, 0.5) is 0 Å². The molecule has 2 aliphatic heterocycles. The lowest BCUT2D eigenvalue weighted by Crippen LogP contribution is -2.25. The van der Waals surface area contributed by atoms with Gasteiger partial charge in [-0.2, -0.15) is 0 Å². The molecule has 2 aliphatic carbocycles. The van der Waals surface area contributed by atoms with E-state index in [2.05, 4.69) is 59.5 Å². The van der Waals surface area contributed by atoms with Crippen LogP contribution in [0.25, 0.3) is 10.5 Å². The number of likely N-dealkylation sites (tertiary alicyclic amines) is 1. The van der Waals surface area contributed by atoms with Gasteiger partial charge in [-0.05, 0) is 71.8 Å². The largest absolute Gasteiger partial charge is 0.508 e. The molecule has 3 atom stereocenters. The van der Waals surface area contributed by atoms with E-state index in [-0.39, 0.29) is 12.4 Å². The van der Waals surface area contributed by atoms with Gasteiger partial charge in [-0.1, -0.05) is 42.5 Å². The first-order chi connectivity index (χ1) is 15.3. The maximum atomic E-state index is 10.00. The standard InChI is InChI=1S/C27H27NO2S.ClH/c29-19-9-12-23-24(17-19)31-27-22-6-2-1-5-21(22)25(26(23)27)18-7-10-20(11-8-18)30-16-15-28-13-3-4-14-28;/h1-2,5-12,17,23-24,26,29H,3-4,13-16H2;1H. The Morgan fingerprint density at radius 1 is 1.00 bits per heavy atom. The lowest BCUT2D eigenvalue weighted by molar-refractivity contribution is 0.238. The fourth-order valence-electron chi connectivity index (χ4n) is 5.48. The zero-order valence-corrected chi connectivity index (χ0v) is 19.6. The van der Waals surface area contributed by atoms with Crippen molar-refractivity contribution in [1.29, 1.82) is 0 Å². The van der Waals surface area contributed by atoms with Crippen molar-refractivity contribution < 1.29 is 9.84 Å². The van der Waals surface area contributed by atoms with Gasteiger partial charge in [0.2, 0.25) is 0 Å². The fraction of sp³-hybridized carbons (Fsp3) is 0.333. The average Bonchev–Trinajstić information content (AvgIpc) is 3.50. The number of aliphatic hydroxyl groups is 1. The molecule has 5 heteroatoms. The Morgan fingerprint density at radius 2 is 1.75 bits per heavy atom. The fourth-order valence-corrected chi connectivity index (χ4v) is 7.11. The molecule has 0 aromatic heterocycles. The Labute approximate surface area is 199 Å². The van der Waals surface area contributed by atoms with E-state index in [9.17, 15) is 5.11 Å². The molecular formula is C27H28ClNO2S. The summed E-state index contributed by atoms with van der Waals surface area (Å²) in [7, 11) is 0. The van der Waals surface area contributed by atoms with Gasteiger partial charge in [0.15, 0.2) is 0 Å². The quantitative estimate of drug-likeness (QED) is 0.715. The number of nitrogens with zero attached hydrogens (tertiary/aromatic N) is 1. The van der Waals surface area contributed by atoms with Gasteiger partial charge in [0.05, 0.1) is 0 Å². The highest BCUT2D eigenvalue weighted by Crippen LogP contribution is 2.55. The smallest absolute Gasteiger partial charge is 0.119 e. The summed E-state index contributed by atoms with van der Waals surface area (Å²) in [5, 5.41) is 13.0. The molecule has 2 aromatic carbocycles. The lowest BCUT2D eigenvalue weighted by atomic mass is 9.80. The number of halogens is 1. The molecule has 2 aromatic rings. The van der Waals surface area contributed by atoms with Gasteiger partial charge < -0.3 is 9.84 Å². The number of fused-ring (bicyclic) bond motifs is 4. The summed E-state index contributed by atoms with van der Waals surface area (Å²) in [6, 6.07) is 17.5. The summed E-state index contributed by atoms with van der Waals surface area (Å²) in [6.07, 6.45) is 8.71. The molecule has 2 fully saturated rings. The minimum Gasteiger partial charge on any atom is -0.508 e. The summed E-state index contributed by atoms with van der Waals surface area (Å²) in [5.74, 6) is 2.08. The maximum absolute atomic E-state index is 10.00. The van der Waals surface area contributed by atoms with E-state index in [1.165, 1.54) is 52.4 Å². The molecule has 2 heterocycles. The number of rotatable bonds is 5. The predicted molar refractivity (Wildman–Crippen MR) is 135 cm³/mol. The molecule has 0 spiro atoms. The third kappa shape index (κ3) is 3.79. The first-order valence-electron chi connectivity index (χ1n) is 11.3. The number of ether oxygens (including phenoxy) is 1. The van der Waals surface area contributed by atoms with Crippen molar-refractivity contribution in [2.75, 3.05) is 26.2 Å². The van der Waals surface area contributed by atoms with Crippen molar-refractivity contribution in [2.24, 2.45) is 11.8 Å². The van der Waals surface area contributed by atoms with Gasteiger partial charge in [0.25, 0.3) is 0 Å². The minimum atomic E-state index is 0. The van der Waals surface area contributed by atoms with Crippen LogP contribution in [0.2, 0.25) is 0 Å². The molecule has 1 N–H and O–H groups in total. The Bertz CT molecular complexity index is 1180. The highest BCUT2D eigenvalue weighted by molar-refractivity contribution is 8.09. The lowest BCUT2D eigenvalue weighted by Gasteiger charge is -2.23. The number of hydrogen-bond acceptors (Lipinski definition) is 4. The van der Waals surface area contributed by atoms with Crippen LogP contribution >= 0.6 is 24.2 Å². The summed E-state index contributed by atoms with van der Waals surface area (Å²) < 4.78 is 6.03. The van der Waals surface area contributed by atoms with Gasteiger partial charge in [-0.25, -0.2) is 0 Å². The molecule has 4 aliphatic rings. The Morgan fingerprint density at radius 3 is 2.53 bits per heavy atom. The van der Waals surface area contributed by atoms with Crippen LogP contribution in [-0.4, -0.2) is 41.5 Å². The third-order valence-corrected chi connectivity index (χ3v) is 8.42. The molecule has 0 saturated carbocycles. The Hall–Kier alpha value is -2.14. The van der Waals surface area contributed by atoms with Crippen LogP contribution < -0.4 is 15.2 Å². The second kappa shape index (κ2) is 9.01. The molecular weight excluding hydrogens is 438 g/mol. The second-order valence-electron chi connectivity index (χ2n) is 8.83. The van der Waals surface area contributed by atoms with Crippen molar-refractivity contribution in [3.63, 3.8) is 0 Å². The van der Waals surface area contributed by atoms with Crippen molar-refractivity contribution in [3.8, 4) is 5.75 Å². The minimum absolute atomic E-state index is 0. The van der Waals surface area contributed by atoms with E-state index in [1.807, 2.05) is 23.9 Å². The SMILES string of the molecule is Cl.OC1=CC2SC3=c4ccccc4=C(c4ccc(OCCN5CCCC5)cc4)C3C2C=C1. The van der Waals surface area contributed by atoms with E-state index in [4.69, 9.17) is 4.74 Å². The topological polar surface area (TPSA) is 32.7 Å². The normalized spacial score (nSPS) is 25.8. The van der Waals surface area contributed by atoms with Crippen LogP contribution in [0, 0.1) is 11.8 Å². The first-order valence-corrected chi connectivity index (χ1v) is 12.2. The molecule has 0 bridgehead atoms. The van der Waals surface area contributed by atoms with Crippen LogP contribution in [0.1, 0.15) is 18.4 Å². The van der Waals surface area contributed by atoms with E-state index in [0.29, 0.717) is 22.8 Å². The highest BCUT2D eigenvalue weighted by Gasteiger charge is 2.44. The number of hydrogen-bond donors (Lipinski definition) is 1. The van der Waals surface area contributed by atoms with Crippen LogP contribution in [0.15, 0.2) is 72.5 Å². The molecule has 6 rings (SSSR count). The van der Waals surface area contributed by atoms with Gasteiger partial charge in [0, 0.05) is 28.5 Å². The number of allylic oxidation sites excluding steroid dienone is 2. The average molecular weight is 466 g/mol. The van der Waals surface area contributed by atoms with E-state index < -0.39 is 0 Å². The van der Waals surface area contributed by atoms with Gasteiger partial charge in [-0.3, -0.25) is 4.90 Å². The van der Waals surface area contributed by atoms with Crippen LogP contribution in [0.3, 0.4) is 0 Å². The van der Waals surface area contributed by atoms with E-state index >= 15 is 0 Å². The van der Waals surface area contributed by atoms with E-state index in [0.717, 1.165) is 18.9 Å². The zero-order chi connectivity index (χ0) is 20.8. The highest BCUT2D eigenvalue weighted by atomic mass is 35.5. The Balaban J connectivity index is 0.00000216. The van der Waals surface area contributed by atoms with Crippen LogP contribution in [0.5, 0.6) is 5.75 Å². The van der Waals surface area contributed by atoms with Crippen molar-refractivity contribution >= 4 is 34.6 Å². The number of aliphatic hydroxyl groups excluding tert-OH is 1. The monoisotopic (exact) mass is 465 g/mol. The Kier molecular flexibility index (Phi) is 6.11. The molecule has 3 unspecified atom stereocenters. The molecule has 32 heavy (non-hydrogen) atoms. The second-order valence-corrected chi connectivity index (χ2v) is 10.1. The molecule has 0 amide bonds.